The number of nitrogens with two attached hydrogens (primary N) is 1. The van der Waals surface area contributed by atoms with E-state index in [-0.39, 0.29) is 6.04 Å². The first-order valence-electron chi connectivity index (χ1n) is 4.37. The Bertz CT molecular complexity index is 469. The van der Waals surface area contributed by atoms with Crippen molar-refractivity contribution in [3.63, 3.8) is 0 Å². The van der Waals surface area contributed by atoms with Gasteiger partial charge in [-0.1, -0.05) is 5.16 Å². The number of aromatic nitrogens is 3. The fourth-order valence-electron chi connectivity index (χ4n) is 1.07. The highest BCUT2D eigenvalue weighted by Gasteiger charge is 2.11. The molecule has 0 amide bonds. The zero-order valence-corrected chi connectivity index (χ0v) is 9.60. The van der Waals surface area contributed by atoms with Gasteiger partial charge in [0, 0.05) is 22.4 Å². The number of halogens is 1. The predicted molar refractivity (Wildman–Crippen MR) is 57.8 cm³/mol. The SMILES string of the molecule is CC(N)c1nc(-c2cncc(Br)c2)no1. The standard InChI is InChI=1S/C9H9BrN4O/c1-5(11)9-13-8(14-15-9)6-2-7(10)4-12-3-6/h2-5H,11H2,1H3. The zero-order chi connectivity index (χ0) is 10.8. The Hall–Kier alpha value is -1.27. The molecule has 6 heteroatoms. The molecule has 0 spiro atoms. The summed E-state index contributed by atoms with van der Waals surface area (Å²) in [5.41, 5.74) is 6.41. The Kier molecular flexibility index (Phi) is 2.79. The van der Waals surface area contributed by atoms with Crippen molar-refractivity contribution in [3.05, 3.63) is 28.8 Å². The van der Waals surface area contributed by atoms with E-state index >= 15 is 0 Å². The first-order chi connectivity index (χ1) is 7.16. The normalized spacial score (nSPS) is 12.7. The second-order valence-electron chi connectivity index (χ2n) is 3.14. The molecule has 0 saturated carbocycles. The average molecular weight is 269 g/mol. The smallest absolute Gasteiger partial charge is 0.243 e. The maximum atomic E-state index is 5.61. The molecule has 0 bridgehead atoms. The Balaban J connectivity index is 2.37. The van der Waals surface area contributed by atoms with Gasteiger partial charge in [0.05, 0.1) is 6.04 Å². The van der Waals surface area contributed by atoms with Gasteiger partial charge >= 0.3 is 0 Å². The molecule has 0 aliphatic heterocycles. The lowest BCUT2D eigenvalue weighted by molar-refractivity contribution is 0.362. The molecule has 0 fully saturated rings. The molecule has 2 aromatic rings. The lowest BCUT2D eigenvalue weighted by atomic mass is 10.3. The molecule has 0 aliphatic rings. The van der Waals surface area contributed by atoms with E-state index < -0.39 is 0 Å². The van der Waals surface area contributed by atoms with Crippen LogP contribution < -0.4 is 5.73 Å². The quantitative estimate of drug-likeness (QED) is 0.901. The van der Waals surface area contributed by atoms with Gasteiger partial charge < -0.3 is 10.3 Å². The molecule has 2 N–H and O–H groups in total. The average Bonchev–Trinajstić information content (AvgIpc) is 2.66. The minimum Gasteiger partial charge on any atom is -0.337 e. The Morgan fingerprint density at radius 2 is 2.27 bits per heavy atom. The molecule has 1 atom stereocenters. The van der Waals surface area contributed by atoms with Crippen LogP contribution in [0.4, 0.5) is 0 Å². The lowest BCUT2D eigenvalue weighted by Gasteiger charge is -1.94. The van der Waals surface area contributed by atoms with Crippen LogP contribution in [-0.4, -0.2) is 15.1 Å². The van der Waals surface area contributed by atoms with Gasteiger partial charge in [0.2, 0.25) is 11.7 Å². The Morgan fingerprint density at radius 3 is 2.87 bits per heavy atom. The molecule has 2 aromatic heterocycles. The van der Waals surface area contributed by atoms with Crippen LogP contribution in [0, 0.1) is 0 Å². The van der Waals surface area contributed by atoms with Gasteiger partial charge in [-0.3, -0.25) is 4.98 Å². The molecule has 0 aromatic carbocycles. The highest BCUT2D eigenvalue weighted by molar-refractivity contribution is 9.10. The van der Waals surface area contributed by atoms with E-state index in [1.807, 2.05) is 6.07 Å². The van der Waals surface area contributed by atoms with E-state index in [1.165, 1.54) is 0 Å². The maximum absolute atomic E-state index is 5.61. The molecule has 15 heavy (non-hydrogen) atoms. The van der Waals surface area contributed by atoms with Crippen molar-refractivity contribution in [1.29, 1.82) is 0 Å². The third-order valence-corrected chi connectivity index (χ3v) is 2.23. The number of nitrogens with zero attached hydrogens (tertiary/aromatic N) is 3. The molecular weight excluding hydrogens is 260 g/mol. The Labute approximate surface area is 94.8 Å². The fourth-order valence-corrected chi connectivity index (χ4v) is 1.44. The molecule has 0 aliphatic carbocycles. The highest BCUT2D eigenvalue weighted by Crippen LogP contribution is 2.19. The summed E-state index contributed by atoms with van der Waals surface area (Å²) >= 11 is 3.32. The van der Waals surface area contributed by atoms with E-state index in [0.29, 0.717) is 11.7 Å². The molecule has 5 nitrogen and oxygen atoms in total. The van der Waals surface area contributed by atoms with E-state index in [2.05, 4.69) is 31.1 Å². The van der Waals surface area contributed by atoms with E-state index in [9.17, 15) is 0 Å². The summed E-state index contributed by atoms with van der Waals surface area (Å²) in [6.45, 7) is 1.79. The van der Waals surface area contributed by atoms with Crippen LogP contribution in [0.5, 0.6) is 0 Å². The van der Waals surface area contributed by atoms with Crippen LogP contribution in [0.3, 0.4) is 0 Å². The topological polar surface area (TPSA) is 77.8 Å². The van der Waals surface area contributed by atoms with E-state index in [0.717, 1.165) is 10.0 Å². The summed E-state index contributed by atoms with van der Waals surface area (Å²) in [6, 6.07) is 1.61. The highest BCUT2D eigenvalue weighted by atomic mass is 79.9. The molecule has 0 saturated heterocycles. The van der Waals surface area contributed by atoms with Gasteiger partial charge in [-0.25, -0.2) is 0 Å². The van der Waals surface area contributed by atoms with Gasteiger partial charge in [0.15, 0.2) is 0 Å². The summed E-state index contributed by atoms with van der Waals surface area (Å²) in [6.07, 6.45) is 3.36. The van der Waals surface area contributed by atoms with Crippen LogP contribution >= 0.6 is 15.9 Å². The van der Waals surface area contributed by atoms with Crippen LogP contribution in [0.2, 0.25) is 0 Å². The molecule has 78 valence electrons. The van der Waals surface area contributed by atoms with Gasteiger partial charge in [0.25, 0.3) is 0 Å². The van der Waals surface area contributed by atoms with Gasteiger partial charge in [-0.2, -0.15) is 4.98 Å². The maximum Gasteiger partial charge on any atom is 0.243 e. The zero-order valence-electron chi connectivity index (χ0n) is 8.01. The van der Waals surface area contributed by atoms with Crippen molar-refractivity contribution in [2.24, 2.45) is 5.73 Å². The first-order valence-corrected chi connectivity index (χ1v) is 5.16. The molecule has 2 heterocycles. The van der Waals surface area contributed by atoms with Crippen molar-refractivity contribution >= 4 is 15.9 Å². The van der Waals surface area contributed by atoms with Crippen molar-refractivity contribution in [3.8, 4) is 11.4 Å². The van der Waals surface area contributed by atoms with E-state index in [4.69, 9.17) is 10.3 Å². The minimum atomic E-state index is -0.258. The number of pyridine rings is 1. The van der Waals surface area contributed by atoms with Crippen LogP contribution in [0.1, 0.15) is 18.9 Å². The lowest BCUT2D eigenvalue weighted by Crippen LogP contribution is -2.04. The van der Waals surface area contributed by atoms with Crippen molar-refractivity contribution in [2.75, 3.05) is 0 Å². The molecule has 2 rings (SSSR count). The first kappa shape index (κ1) is 10.3. The van der Waals surface area contributed by atoms with Gasteiger partial charge in [-0.05, 0) is 28.9 Å². The van der Waals surface area contributed by atoms with Crippen LogP contribution in [0.25, 0.3) is 11.4 Å². The second kappa shape index (κ2) is 4.08. The number of hydrogen-bond donors (Lipinski definition) is 1. The van der Waals surface area contributed by atoms with E-state index in [1.54, 1.807) is 19.3 Å². The predicted octanol–water partition coefficient (Wildman–Crippen LogP) is 1.91. The summed E-state index contributed by atoms with van der Waals surface area (Å²) in [7, 11) is 0. The van der Waals surface area contributed by atoms with Crippen molar-refractivity contribution in [2.45, 2.75) is 13.0 Å². The molecule has 0 radical (unpaired) electrons. The molecular formula is C9H9BrN4O. The Morgan fingerprint density at radius 1 is 1.47 bits per heavy atom. The monoisotopic (exact) mass is 268 g/mol. The second-order valence-corrected chi connectivity index (χ2v) is 4.05. The van der Waals surface area contributed by atoms with Crippen LogP contribution in [0.15, 0.2) is 27.5 Å². The summed E-state index contributed by atoms with van der Waals surface area (Å²) in [5, 5.41) is 3.82. The third kappa shape index (κ3) is 2.21. The minimum absolute atomic E-state index is 0.258. The van der Waals surface area contributed by atoms with Gasteiger partial charge in [0.1, 0.15) is 0 Å². The number of rotatable bonds is 2. The summed E-state index contributed by atoms with van der Waals surface area (Å²) < 4.78 is 5.86. The largest absolute Gasteiger partial charge is 0.337 e. The fraction of sp³-hybridized carbons (Fsp3) is 0.222. The van der Waals surface area contributed by atoms with Crippen molar-refractivity contribution in [1.82, 2.24) is 15.1 Å². The van der Waals surface area contributed by atoms with Crippen LogP contribution in [-0.2, 0) is 0 Å². The number of hydrogen-bond acceptors (Lipinski definition) is 5. The van der Waals surface area contributed by atoms with Crippen molar-refractivity contribution < 1.29 is 4.52 Å². The third-order valence-electron chi connectivity index (χ3n) is 1.79. The summed E-state index contributed by atoms with van der Waals surface area (Å²) in [4.78, 5) is 8.17. The molecule has 1 unspecified atom stereocenters. The summed E-state index contributed by atoms with van der Waals surface area (Å²) in [5.74, 6) is 0.918. The van der Waals surface area contributed by atoms with Gasteiger partial charge in [-0.15, -0.1) is 0 Å².